The molecule has 7 nitrogen and oxygen atoms in total. The number of nitrogens with one attached hydrogen (secondary N) is 1. The Kier molecular flexibility index (Phi) is 13.3. The Bertz CT molecular complexity index is 1310. The van der Waals surface area contributed by atoms with Crippen molar-refractivity contribution in [1.82, 2.24) is 10.2 Å². The van der Waals surface area contributed by atoms with E-state index >= 15 is 0 Å². The molecule has 0 radical (unpaired) electrons. The number of amides is 1. The zero-order valence-electron chi connectivity index (χ0n) is 25.2. The summed E-state index contributed by atoms with van der Waals surface area (Å²) in [5.74, 6) is -2.27. The van der Waals surface area contributed by atoms with E-state index in [9.17, 15) is 23.5 Å². The van der Waals surface area contributed by atoms with Crippen molar-refractivity contribution in [3.63, 3.8) is 0 Å². The lowest BCUT2D eigenvalue weighted by Gasteiger charge is -2.28. The van der Waals surface area contributed by atoms with Crippen LogP contribution in [0.5, 0.6) is 0 Å². The molecule has 232 valence electrons. The van der Waals surface area contributed by atoms with Crippen LogP contribution in [0, 0.1) is 18.6 Å². The smallest absolute Gasteiger partial charge is 0.338 e. The lowest BCUT2D eigenvalue weighted by atomic mass is 9.99. The fraction of sp³-hybridized carbons (Fsp3) is 0.412. The fourth-order valence-corrected chi connectivity index (χ4v) is 5.14. The minimum atomic E-state index is -0.903. The van der Waals surface area contributed by atoms with E-state index in [4.69, 9.17) is 10.5 Å². The standard InChI is InChI=1S/C34H43F2N3O4/c1-4-12-39(13-5-2)33(41)26-15-23(3)16-27(20-26)34(42)43-32(30(37)19-24-17-28(35)21-29(36)18-24)22-38-31(11-14-40)25-9-7-6-8-10-25/h6-10,15-18,20-21,30-32,38,40H,4-5,11-14,19,22,37H2,1-3H3. The molecule has 0 aliphatic heterocycles. The van der Waals surface area contributed by atoms with E-state index in [0.717, 1.165) is 30.0 Å². The molecule has 0 heterocycles. The summed E-state index contributed by atoms with van der Waals surface area (Å²) in [4.78, 5) is 28.6. The van der Waals surface area contributed by atoms with Crippen LogP contribution in [-0.4, -0.2) is 60.3 Å². The molecule has 3 atom stereocenters. The summed E-state index contributed by atoms with van der Waals surface area (Å²) in [7, 11) is 0. The molecule has 0 bridgehead atoms. The van der Waals surface area contributed by atoms with Gasteiger partial charge in [0.05, 0.1) is 5.56 Å². The molecule has 0 spiro atoms. The highest BCUT2D eigenvalue weighted by Gasteiger charge is 2.26. The van der Waals surface area contributed by atoms with Gasteiger partial charge >= 0.3 is 5.97 Å². The third kappa shape index (κ3) is 10.2. The summed E-state index contributed by atoms with van der Waals surface area (Å²) in [5.41, 5.74) is 9.12. The number of halogens is 2. The van der Waals surface area contributed by atoms with Crippen molar-refractivity contribution in [1.29, 1.82) is 0 Å². The fourth-order valence-electron chi connectivity index (χ4n) is 5.14. The summed E-state index contributed by atoms with van der Waals surface area (Å²) in [6.45, 7) is 7.09. The van der Waals surface area contributed by atoms with Gasteiger partial charge in [-0.1, -0.05) is 44.2 Å². The van der Waals surface area contributed by atoms with Crippen LogP contribution in [0.25, 0.3) is 0 Å². The van der Waals surface area contributed by atoms with Crippen molar-refractivity contribution in [3.8, 4) is 0 Å². The van der Waals surface area contributed by atoms with Crippen molar-refractivity contribution < 1.29 is 28.2 Å². The van der Waals surface area contributed by atoms with Crippen LogP contribution < -0.4 is 11.1 Å². The zero-order chi connectivity index (χ0) is 31.4. The van der Waals surface area contributed by atoms with Gasteiger partial charge in [0.25, 0.3) is 5.91 Å². The van der Waals surface area contributed by atoms with E-state index in [-0.39, 0.29) is 37.1 Å². The quantitative estimate of drug-likeness (QED) is 0.193. The van der Waals surface area contributed by atoms with Crippen LogP contribution in [0.1, 0.15) is 76.6 Å². The largest absolute Gasteiger partial charge is 0.456 e. The first-order valence-electron chi connectivity index (χ1n) is 14.9. The number of aliphatic hydroxyl groups excluding tert-OH is 1. The first-order valence-corrected chi connectivity index (χ1v) is 14.9. The number of nitrogens with two attached hydrogens (primary N) is 1. The molecule has 0 fully saturated rings. The Morgan fingerprint density at radius 3 is 2.19 bits per heavy atom. The second kappa shape index (κ2) is 16.8. The van der Waals surface area contributed by atoms with E-state index in [1.807, 2.05) is 44.2 Å². The van der Waals surface area contributed by atoms with E-state index in [1.54, 1.807) is 24.0 Å². The SMILES string of the molecule is CCCN(CCC)C(=O)c1cc(C)cc(C(=O)OC(CNC(CCO)c2ccccc2)C(N)Cc2cc(F)cc(F)c2)c1. The minimum absolute atomic E-state index is 0.0465. The van der Waals surface area contributed by atoms with Gasteiger partial charge in [0.15, 0.2) is 0 Å². The second-order valence-corrected chi connectivity index (χ2v) is 10.9. The molecule has 0 aliphatic carbocycles. The number of nitrogens with zero attached hydrogens (tertiary/aromatic N) is 1. The van der Waals surface area contributed by atoms with Crippen molar-refractivity contribution in [2.75, 3.05) is 26.2 Å². The van der Waals surface area contributed by atoms with Crippen LogP contribution >= 0.6 is 0 Å². The van der Waals surface area contributed by atoms with E-state index in [0.29, 0.717) is 30.6 Å². The number of esters is 1. The molecule has 3 rings (SSSR count). The summed E-state index contributed by atoms with van der Waals surface area (Å²) >= 11 is 0. The predicted octanol–water partition coefficient (Wildman–Crippen LogP) is 5.34. The van der Waals surface area contributed by atoms with Gasteiger partial charge < -0.3 is 25.8 Å². The van der Waals surface area contributed by atoms with Crippen LogP contribution in [0.4, 0.5) is 8.78 Å². The Morgan fingerprint density at radius 1 is 0.953 bits per heavy atom. The van der Waals surface area contributed by atoms with Crippen LogP contribution in [0.15, 0.2) is 66.7 Å². The van der Waals surface area contributed by atoms with E-state index < -0.39 is 29.7 Å². The topological polar surface area (TPSA) is 105 Å². The molecule has 0 saturated heterocycles. The molecule has 0 saturated carbocycles. The highest BCUT2D eigenvalue weighted by atomic mass is 19.1. The lowest BCUT2D eigenvalue weighted by Crippen LogP contribution is -2.46. The van der Waals surface area contributed by atoms with Crippen molar-refractivity contribution in [3.05, 3.63) is 106 Å². The Balaban J connectivity index is 1.87. The summed E-state index contributed by atoms with van der Waals surface area (Å²) in [5, 5.41) is 13.0. The minimum Gasteiger partial charge on any atom is -0.456 e. The van der Waals surface area contributed by atoms with Crippen molar-refractivity contribution in [2.45, 2.75) is 64.6 Å². The first-order chi connectivity index (χ1) is 20.6. The zero-order valence-corrected chi connectivity index (χ0v) is 25.2. The molecule has 3 aromatic rings. The van der Waals surface area contributed by atoms with Gasteiger partial charge in [0.1, 0.15) is 17.7 Å². The molecule has 0 aliphatic rings. The summed E-state index contributed by atoms with van der Waals surface area (Å²) < 4.78 is 33.7. The predicted molar refractivity (Wildman–Crippen MR) is 164 cm³/mol. The van der Waals surface area contributed by atoms with Crippen LogP contribution in [-0.2, 0) is 11.2 Å². The van der Waals surface area contributed by atoms with E-state index in [1.165, 1.54) is 18.2 Å². The number of hydrogen-bond acceptors (Lipinski definition) is 6. The molecule has 3 unspecified atom stereocenters. The summed E-state index contributed by atoms with van der Waals surface area (Å²) in [6.07, 6.45) is 1.18. The molecule has 1 amide bonds. The molecule has 3 aromatic carbocycles. The number of carbonyl (C=O) groups excluding carboxylic acids is 2. The maximum Gasteiger partial charge on any atom is 0.338 e. The van der Waals surface area contributed by atoms with Crippen molar-refractivity contribution in [2.24, 2.45) is 5.73 Å². The van der Waals surface area contributed by atoms with Gasteiger partial charge in [-0.15, -0.1) is 0 Å². The average molecular weight is 596 g/mol. The monoisotopic (exact) mass is 595 g/mol. The second-order valence-electron chi connectivity index (χ2n) is 10.9. The summed E-state index contributed by atoms with van der Waals surface area (Å²) in [6, 6.07) is 16.6. The van der Waals surface area contributed by atoms with Gasteiger partial charge in [-0.05, 0) is 79.6 Å². The van der Waals surface area contributed by atoms with Crippen molar-refractivity contribution >= 4 is 11.9 Å². The Morgan fingerprint density at radius 2 is 1.58 bits per heavy atom. The highest BCUT2D eigenvalue weighted by molar-refractivity contribution is 5.98. The number of aryl methyl sites for hydroxylation is 1. The van der Waals surface area contributed by atoms with Gasteiger partial charge in [-0.25, -0.2) is 13.6 Å². The Labute approximate surface area is 253 Å². The number of ether oxygens (including phenoxy) is 1. The van der Waals surface area contributed by atoms with E-state index in [2.05, 4.69) is 5.32 Å². The Hall–Kier alpha value is -3.66. The lowest BCUT2D eigenvalue weighted by molar-refractivity contribution is 0.0229. The van der Waals surface area contributed by atoms with Gasteiger partial charge in [-0.3, -0.25) is 4.79 Å². The molecular weight excluding hydrogens is 552 g/mol. The number of hydrogen-bond donors (Lipinski definition) is 3. The number of aliphatic hydroxyl groups is 1. The molecule has 43 heavy (non-hydrogen) atoms. The third-order valence-electron chi connectivity index (χ3n) is 7.15. The highest BCUT2D eigenvalue weighted by Crippen LogP contribution is 2.20. The number of benzene rings is 3. The van der Waals surface area contributed by atoms with Gasteiger partial charge in [0, 0.05) is 50.0 Å². The van der Waals surface area contributed by atoms with Crippen LogP contribution in [0.2, 0.25) is 0 Å². The number of rotatable bonds is 16. The maximum absolute atomic E-state index is 13.9. The molecule has 9 heteroatoms. The third-order valence-corrected chi connectivity index (χ3v) is 7.15. The van der Waals surface area contributed by atoms with Crippen LogP contribution in [0.3, 0.4) is 0 Å². The first kappa shape index (κ1) is 33.8. The average Bonchev–Trinajstić information content (AvgIpc) is 2.97. The van der Waals surface area contributed by atoms with Gasteiger partial charge in [0.2, 0.25) is 0 Å². The molecular formula is C34H43F2N3O4. The molecule has 4 N–H and O–H groups in total. The number of carbonyl (C=O) groups is 2. The molecule has 0 aromatic heterocycles. The van der Waals surface area contributed by atoms with Gasteiger partial charge in [-0.2, -0.15) is 0 Å². The normalized spacial score (nSPS) is 13.3. The maximum atomic E-state index is 13.9.